The van der Waals surface area contributed by atoms with Gasteiger partial charge in [0.25, 0.3) is 0 Å². The minimum Gasteiger partial charge on any atom is -0.310 e. The minimum absolute atomic E-state index is 0.217. The van der Waals surface area contributed by atoms with E-state index in [9.17, 15) is 0 Å². The highest BCUT2D eigenvalue weighted by Gasteiger charge is 2.46. The number of fused-ring (bicyclic) bond motifs is 9. The average Bonchev–Trinajstić information content (AvgIpc) is 4.02. The van der Waals surface area contributed by atoms with E-state index in [0.717, 1.165) is 22.7 Å². The summed E-state index contributed by atoms with van der Waals surface area (Å²) in [6, 6.07) is 99.0. The van der Waals surface area contributed by atoms with Crippen LogP contribution in [0.15, 0.2) is 267 Å². The van der Waals surface area contributed by atoms with Gasteiger partial charge in [0.15, 0.2) is 0 Å². The first-order valence-corrected chi connectivity index (χ1v) is 25.2. The van der Waals surface area contributed by atoms with Crippen LogP contribution in [0, 0.1) is 0 Å². The Morgan fingerprint density at radius 2 is 0.792 bits per heavy atom. The van der Waals surface area contributed by atoms with Crippen molar-refractivity contribution in [1.29, 1.82) is 0 Å². The van der Waals surface area contributed by atoms with Crippen molar-refractivity contribution in [1.82, 2.24) is 4.57 Å². The largest absolute Gasteiger partial charge is 0.310 e. The quantitative estimate of drug-likeness (QED) is 0.147. The van der Waals surface area contributed by atoms with Crippen LogP contribution in [0.4, 0.5) is 17.1 Å². The molecule has 0 saturated carbocycles. The zero-order valence-electron chi connectivity index (χ0n) is 40.3. The Balaban J connectivity index is 0.929. The van der Waals surface area contributed by atoms with Crippen molar-refractivity contribution in [3.8, 4) is 50.2 Å². The van der Waals surface area contributed by atoms with Crippen LogP contribution in [0.3, 0.4) is 0 Å². The fourth-order valence-electron chi connectivity index (χ4n) is 12.5. The van der Waals surface area contributed by atoms with Crippen LogP contribution >= 0.6 is 0 Å². The lowest BCUT2D eigenvalue weighted by Gasteiger charge is -2.34. The molecule has 0 saturated heterocycles. The normalized spacial score (nSPS) is 13.6. The van der Waals surface area contributed by atoms with Gasteiger partial charge in [-0.25, -0.2) is 0 Å². The Hall–Kier alpha value is -8.98. The maximum Gasteiger partial charge on any atom is 0.0713 e. The highest BCUT2D eigenvalue weighted by molar-refractivity contribution is 6.10. The molecule has 0 bridgehead atoms. The number of rotatable bonds is 8. The molecule has 0 unspecified atom stereocenters. The number of aromatic nitrogens is 1. The van der Waals surface area contributed by atoms with Crippen LogP contribution in [0.5, 0.6) is 0 Å². The summed E-state index contributed by atoms with van der Waals surface area (Å²) in [4.78, 5) is 2.48. The summed E-state index contributed by atoms with van der Waals surface area (Å²) in [5.41, 5.74) is 24.0. The Morgan fingerprint density at radius 1 is 0.306 bits per heavy atom. The predicted octanol–water partition coefficient (Wildman–Crippen LogP) is 18.3. The molecular weight excluding hydrogens is 869 g/mol. The second kappa shape index (κ2) is 16.3. The predicted molar refractivity (Wildman–Crippen MR) is 301 cm³/mol. The van der Waals surface area contributed by atoms with Crippen molar-refractivity contribution >= 4 is 38.9 Å². The van der Waals surface area contributed by atoms with E-state index < -0.39 is 5.41 Å². The fourth-order valence-corrected chi connectivity index (χ4v) is 12.5. The lowest BCUT2D eigenvalue weighted by atomic mass is 9.68. The summed E-state index contributed by atoms with van der Waals surface area (Å²) in [5, 5.41) is 2.50. The van der Waals surface area contributed by atoms with Crippen molar-refractivity contribution in [2.24, 2.45) is 0 Å². The maximum atomic E-state index is 2.48. The molecule has 11 aromatic carbocycles. The van der Waals surface area contributed by atoms with Crippen LogP contribution in [-0.2, 0) is 10.8 Å². The Labute approximate surface area is 421 Å². The van der Waals surface area contributed by atoms with Gasteiger partial charge in [0.1, 0.15) is 0 Å². The number of hydrogen-bond acceptors (Lipinski definition) is 1. The first kappa shape index (κ1) is 41.9. The molecule has 1 aromatic heterocycles. The van der Waals surface area contributed by atoms with Gasteiger partial charge in [0, 0.05) is 38.9 Å². The molecule has 0 amide bonds. The minimum atomic E-state index is -0.476. The summed E-state index contributed by atoms with van der Waals surface area (Å²) < 4.78 is 2.38. The molecule has 2 heteroatoms. The van der Waals surface area contributed by atoms with E-state index in [1.165, 1.54) is 99.7 Å². The fraction of sp³-hybridized carbons (Fsp3) is 0.0571. The van der Waals surface area contributed by atoms with E-state index in [-0.39, 0.29) is 5.41 Å². The SMILES string of the molecule is CC1(C)c2cc(-c3ccccc3)ccc2-c2ccc(N(c3ccc(-c4ccc5c(c4)c4ccccc4n5-c4ccccc4)cc3)c3ccc4c(c3)-c3ccccc3C4(c3ccccc3)c3ccccc3)cc21. The van der Waals surface area contributed by atoms with Crippen molar-refractivity contribution < 1.29 is 0 Å². The van der Waals surface area contributed by atoms with Gasteiger partial charge >= 0.3 is 0 Å². The van der Waals surface area contributed by atoms with Crippen LogP contribution in [0.1, 0.15) is 47.2 Å². The third kappa shape index (κ3) is 6.28. The molecule has 2 nitrogen and oxygen atoms in total. The molecule has 2 aliphatic rings. The Bertz CT molecular complexity index is 4000. The van der Waals surface area contributed by atoms with Gasteiger partial charge in [-0.3, -0.25) is 0 Å². The lowest BCUT2D eigenvalue weighted by molar-refractivity contribution is 0.660. The van der Waals surface area contributed by atoms with E-state index in [1.54, 1.807) is 0 Å². The van der Waals surface area contributed by atoms with Crippen molar-refractivity contribution in [2.75, 3.05) is 4.90 Å². The molecule has 12 aromatic rings. The first-order chi connectivity index (χ1) is 35.5. The zero-order valence-corrected chi connectivity index (χ0v) is 40.3. The number of anilines is 3. The first-order valence-electron chi connectivity index (χ1n) is 25.2. The third-order valence-corrected chi connectivity index (χ3v) is 15.9. The number of para-hydroxylation sites is 2. The van der Waals surface area contributed by atoms with Crippen molar-refractivity contribution in [3.63, 3.8) is 0 Å². The van der Waals surface area contributed by atoms with E-state index in [0.29, 0.717) is 0 Å². The molecule has 14 rings (SSSR count). The third-order valence-electron chi connectivity index (χ3n) is 15.9. The van der Waals surface area contributed by atoms with Crippen molar-refractivity contribution in [3.05, 3.63) is 300 Å². The van der Waals surface area contributed by atoms with Crippen LogP contribution in [-0.4, -0.2) is 4.57 Å². The Kier molecular flexibility index (Phi) is 9.50. The van der Waals surface area contributed by atoms with Crippen LogP contribution in [0.25, 0.3) is 72.0 Å². The molecule has 0 spiro atoms. The number of benzene rings is 11. The van der Waals surface area contributed by atoms with Crippen molar-refractivity contribution in [2.45, 2.75) is 24.7 Å². The van der Waals surface area contributed by atoms with Gasteiger partial charge < -0.3 is 9.47 Å². The van der Waals surface area contributed by atoms with Gasteiger partial charge in [-0.1, -0.05) is 208 Å². The van der Waals surface area contributed by atoms with Gasteiger partial charge in [-0.2, -0.15) is 0 Å². The summed E-state index contributed by atoms with van der Waals surface area (Å²) in [7, 11) is 0. The molecule has 340 valence electrons. The molecule has 0 aliphatic heterocycles. The van der Waals surface area contributed by atoms with Gasteiger partial charge in [0.2, 0.25) is 0 Å². The second-order valence-corrected chi connectivity index (χ2v) is 20.0. The van der Waals surface area contributed by atoms with Crippen LogP contribution in [0.2, 0.25) is 0 Å². The molecule has 0 atom stereocenters. The van der Waals surface area contributed by atoms with Gasteiger partial charge in [-0.05, 0) is 151 Å². The second-order valence-electron chi connectivity index (χ2n) is 20.0. The van der Waals surface area contributed by atoms with E-state index in [2.05, 4.69) is 290 Å². The molecule has 0 radical (unpaired) electrons. The molecule has 1 heterocycles. The summed E-state index contributed by atoms with van der Waals surface area (Å²) >= 11 is 0. The molecule has 72 heavy (non-hydrogen) atoms. The summed E-state index contributed by atoms with van der Waals surface area (Å²) in [5.74, 6) is 0. The van der Waals surface area contributed by atoms with Crippen LogP contribution < -0.4 is 4.90 Å². The van der Waals surface area contributed by atoms with Gasteiger partial charge in [-0.15, -0.1) is 0 Å². The summed E-state index contributed by atoms with van der Waals surface area (Å²) in [6.07, 6.45) is 0. The topological polar surface area (TPSA) is 8.17 Å². The monoisotopic (exact) mass is 918 g/mol. The highest BCUT2D eigenvalue weighted by atomic mass is 15.1. The number of hydrogen-bond donors (Lipinski definition) is 0. The van der Waals surface area contributed by atoms with E-state index >= 15 is 0 Å². The summed E-state index contributed by atoms with van der Waals surface area (Å²) in [6.45, 7) is 4.78. The van der Waals surface area contributed by atoms with E-state index in [4.69, 9.17) is 0 Å². The molecule has 0 fully saturated rings. The number of nitrogens with zero attached hydrogens (tertiary/aromatic N) is 2. The van der Waals surface area contributed by atoms with E-state index in [1.807, 2.05) is 0 Å². The zero-order chi connectivity index (χ0) is 48.0. The standard InChI is InChI=1S/C70H50N2/c1-69(2)65-44-50(47-19-7-3-8-20-47)33-39-58(65)59-40-37-56(46-66(59)69)71(54-35-31-48(32-36-54)49-34-42-68-62(43-49)60-28-16-18-30-67(60)72(68)53-25-13-6-14-26-53)55-38-41-64-61(45-55)57-27-15-17-29-63(57)70(64,51-21-9-4-10-22-51)52-23-11-5-12-24-52/h3-46H,1-2H3. The highest BCUT2D eigenvalue weighted by Crippen LogP contribution is 2.58. The Morgan fingerprint density at radius 3 is 1.53 bits per heavy atom. The molecule has 2 aliphatic carbocycles. The molecule has 0 N–H and O–H groups in total. The lowest BCUT2D eigenvalue weighted by Crippen LogP contribution is -2.28. The maximum absolute atomic E-state index is 2.48. The van der Waals surface area contributed by atoms with Gasteiger partial charge in [0.05, 0.1) is 16.4 Å². The smallest absolute Gasteiger partial charge is 0.0713 e. The molecular formula is C70H50N2. The average molecular weight is 919 g/mol.